The van der Waals surface area contributed by atoms with Crippen LogP contribution >= 0.6 is 0 Å². The predicted octanol–water partition coefficient (Wildman–Crippen LogP) is 2.49. The number of nitrogens with zero attached hydrogens (tertiary/aromatic N) is 4. The Morgan fingerprint density at radius 2 is 2.23 bits per heavy atom. The van der Waals surface area contributed by atoms with Gasteiger partial charge in [0.25, 0.3) is 5.69 Å². The van der Waals surface area contributed by atoms with E-state index in [9.17, 15) is 10.1 Å². The van der Waals surface area contributed by atoms with Crippen LogP contribution in [0.5, 0.6) is 0 Å². The molecular formula is C14H13N5O3. The lowest BCUT2D eigenvalue weighted by Crippen LogP contribution is -2.06. The Morgan fingerprint density at radius 3 is 2.95 bits per heavy atom. The Balaban J connectivity index is 1.82. The predicted molar refractivity (Wildman–Crippen MR) is 79.6 cm³/mol. The Labute approximate surface area is 125 Å². The molecule has 0 amide bonds. The van der Waals surface area contributed by atoms with E-state index in [4.69, 9.17) is 4.52 Å². The number of hydrogen-bond acceptors (Lipinski definition) is 7. The highest BCUT2D eigenvalue weighted by Gasteiger charge is 2.14. The van der Waals surface area contributed by atoms with Crippen LogP contribution < -0.4 is 5.32 Å². The zero-order valence-corrected chi connectivity index (χ0v) is 11.8. The van der Waals surface area contributed by atoms with Gasteiger partial charge < -0.3 is 9.84 Å². The molecule has 1 aromatic carbocycles. The largest absolute Gasteiger partial charge is 0.383 e. The summed E-state index contributed by atoms with van der Waals surface area (Å²) in [5.41, 5.74) is 1.34. The summed E-state index contributed by atoms with van der Waals surface area (Å²) in [6.45, 7) is 2.32. The van der Waals surface area contributed by atoms with Crippen molar-refractivity contribution >= 4 is 22.3 Å². The molecule has 0 aliphatic rings. The first-order valence-electron chi connectivity index (χ1n) is 6.70. The molecule has 3 rings (SSSR count). The lowest BCUT2D eigenvalue weighted by molar-refractivity contribution is -0.383. The molecule has 0 radical (unpaired) electrons. The Kier molecular flexibility index (Phi) is 3.65. The highest BCUT2D eigenvalue weighted by molar-refractivity contribution is 5.96. The third-order valence-electron chi connectivity index (χ3n) is 3.17. The highest BCUT2D eigenvalue weighted by atomic mass is 16.6. The first kappa shape index (κ1) is 13.9. The van der Waals surface area contributed by atoms with Crippen molar-refractivity contribution in [3.05, 3.63) is 52.3 Å². The van der Waals surface area contributed by atoms with Gasteiger partial charge in [0.1, 0.15) is 5.52 Å². The number of hydrogen-bond donors (Lipinski definition) is 1. The first-order valence-corrected chi connectivity index (χ1v) is 6.70. The van der Waals surface area contributed by atoms with Crippen molar-refractivity contribution in [2.45, 2.75) is 13.3 Å². The van der Waals surface area contributed by atoms with Crippen LogP contribution in [0.2, 0.25) is 0 Å². The first-order chi connectivity index (χ1) is 10.6. The molecular weight excluding hydrogens is 286 g/mol. The van der Waals surface area contributed by atoms with Crippen molar-refractivity contribution in [3.8, 4) is 0 Å². The van der Waals surface area contributed by atoms with Gasteiger partial charge in [-0.25, -0.2) is 0 Å². The van der Waals surface area contributed by atoms with Gasteiger partial charge >= 0.3 is 0 Å². The Morgan fingerprint density at radius 1 is 1.36 bits per heavy atom. The summed E-state index contributed by atoms with van der Waals surface area (Å²) < 4.78 is 5.03. The van der Waals surface area contributed by atoms with Crippen LogP contribution in [-0.2, 0) is 6.42 Å². The average Bonchev–Trinajstić information content (AvgIpc) is 2.92. The maximum Gasteiger partial charge on any atom is 0.278 e. The van der Waals surface area contributed by atoms with Gasteiger partial charge in [-0.15, -0.1) is 0 Å². The summed E-state index contributed by atoms with van der Waals surface area (Å²) in [4.78, 5) is 19.0. The van der Waals surface area contributed by atoms with Crippen LogP contribution in [0.1, 0.15) is 11.7 Å². The fourth-order valence-electron chi connectivity index (χ4n) is 2.21. The van der Waals surface area contributed by atoms with Crippen molar-refractivity contribution in [3.63, 3.8) is 0 Å². The molecule has 8 nitrogen and oxygen atoms in total. The molecule has 0 spiro atoms. The van der Waals surface area contributed by atoms with Crippen LogP contribution in [0, 0.1) is 17.0 Å². The molecule has 0 bridgehead atoms. The summed E-state index contributed by atoms with van der Waals surface area (Å²) in [6, 6.07) is 6.50. The average molecular weight is 299 g/mol. The standard InChI is InChI=1S/C14H13N5O3/c1-9-17-13(22-18-9)6-8-15-11-4-5-12(19(20)21)10-3-2-7-16-14(10)11/h2-5,7,15H,6,8H2,1H3. The summed E-state index contributed by atoms with van der Waals surface area (Å²) in [7, 11) is 0. The molecule has 3 aromatic rings. The highest BCUT2D eigenvalue weighted by Crippen LogP contribution is 2.29. The summed E-state index contributed by atoms with van der Waals surface area (Å²) >= 11 is 0. The van der Waals surface area contributed by atoms with Gasteiger partial charge in [-0.05, 0) is 25.1 Å². The van der Waals surface area contributed by atoms with Crippen molar-refractivity contribution in [2.75, 3.05) is 11.9 Å². The topological polar surface area (TPSA) is 107 Å². The minimum Gasteiger partial charge on any atom is -0.383 e. The Bertz CT molecular complexity index is 830. The number of rotatable bonds is 5. The summed E-state index contributed by atoms with van der Waals surface area (Å²) in [5, 5.41) is 18.5. The van der Waals surface area contributed by atoms with Gasteiger partial charge in [-0.2, -0.15) is 4.98 Å². The fraction of sp³-hybridized carbons (Fsp3) is 0.214. The number of anilines is 1. The van der Waals surface area contributed by atoms with E-state index >= 15 is 0 Å². The number of fused-ring (bicyclic) bond motifs is 1. The van der Waals surface area contributed by atoms with E-state index < -0.39 is 4.92 Å². The van der Waals surface area contributed by atoms with Crippen LogP contribution in [-0.4, -0.2) is 26.6 Å². The molecule has 0 aliphatic heterocycles. The van der Waals surface area contributed by atoms with Crippen molar-refractivity contribution in [1.29, 1.82) is 0 Å². The van der Waals surface area contributed by atoms with E-state index in [0.717, 1.165) is 5.69 Å². The minimum atomic E-state index is -0.408. The number of pyridine rings is 1. The molecule has 0 saturated heterocycles. The van der Waals surface area contributed by atoms with Gasteiger partial charge in [-0.1, -0.05) is 5.16 Å². The normalized spacial score (nSPS) is 10.8. The van der Waals surface area contributed by atoms with Crippen LogP contribution in [0.15, 0.2) is 35.0 Å². The zero-order chi connectivity index (χ0) is 15.5. The summed E-state index contributed by atoms with van der Waals surface area (Å²) in [6.07, 6.45) is 2.17. The lowest BCUT2D eigenvalue weighted by Gasteiger charge is -2.08. The summed E-state index contributed by atoms with van der Waals surface area (Å²) in [5.74, 6) is 1.14. The minimum absolute atomic E-state index is 0.0428. The molecule has 0 saturated carbocycles. The molecule has 2 heterocycles. The van der Waals surface area contributed by atoms with Gasteiger partial charge in [0.2, 0.25) is 5.89 Å². The molecule has 0 unspecified atom stereocenters. The third kappa shape index (κ3) is 2.71. The van der Waals surface area contributed by atoms with Crippen molar-refractivity contribution in [2.24, 2.45) is 0 Å². The quantitative estimate of drug-likeness (QED) is 0.569. The monoisotopic (exact) mass is 299 g/mol. The fourth-order valence-corrected chi connectivity index (χ4v) is 2.21. The van der Waals surface area contributed by atoms with Crippen molar-refractivity contribution in [1.82, 2.24) is 15.1 Å². The van der Waals surface area contributed by atoms with E-state index in [-0.39, 0.29) is 5.69 Å². The smallest absolute Gasteiger partial charge is 0.278 e. The van der Waals surface area contributed by atoms with Gasteiger partial charge in [0.15, 0.2) is 5.82 Å². The second kappa shape index (κ2) is 5.76. The molecule has 8 heteroatoms. The third-order valence-corrected chi connectivity index (χ3v) is 3.17. The SMILES string of the molecule is Cc1noc(CCNc2ccc([N+](=O)[O-])c3cccnc23)n1. The lowest BCUT2D eigenvalue weighted by atomic mass is 10.1. The van der Waals surface area contributed by atoms with E-state index in [2.05, 4.69) is 20.4 Å². The maximum absolute atomic E-state index is 11.1. The molecule has 0 aliphatic carbocycles. The van der Waals surface area contributed by atoms with E-state index in [1.165, 1.54) is 6.07 Å². The van der Waals surface area contributed by atoms with Gasteiger partial charge in [-0.3, -0.25) is 15.1 Å². The Hall–Kier alpha value is -3.03. The number of nitrogens with one attached hydrogen (secondary N) is 1. The van der Waals surface area contributed by atoms with Gasteiger partial charge in [0, 0.05) is 25.2 Å². The van der Waals surface area contributed by atoms with Crippen LogP contribution in [0.4, 0.5) is 11.4 Å². The van der Waals surface area contributed by atoms with E-state index in [1.54, 1.807) is 31.3 Å². The number of aromatic nitrogens is 3. The molecule has 1 N–H and O–H groups in total. The molecule has 2 aromatic heterocycles. The second-order valence-electron chi connectivity index (χ2n) is 4.70. The number of nitro benzene ring substituents is 1. The second-order valence-corrected chi connectivity index (χ2v) is 4.70. The number of aryl methyl sites for hydroxylation is 1. The molecule has 0 fully saturated rings. The maximum atomic E-state index is 11.1. The molecule has 112 valence electrons. The molecule has 0 atom stereocenters. The van der Waals surface area contributed by atoms with Crippen LogP contribution in [0.25, 0.3) is 10.9 Å². The van der Waals surface area contributed by atoms with Crippen molar-refractivity contribution < 1.29 is 9.45 Å². The number of benzene rings is 1. The van der Waals surface area contributed by atoms with E-state index in [0.29, 0.717) is 35.6 Å². The van der Waals surface area contributed by atoms with E-state index in [1.807, 2.05) is 0 Å². The van der Waals surface area contributed by atoms with Crippen LogP contribution in [0.3, 0.4) is 0 Å². The number of nitro groups is 1. The number of non-ortho nitro benzene ring substituents is 1. The molecule has 22 heavy (non-hydrogen) atoms. The zero-order valence-electron chi connectivity index (χ0n) is 11.8. The van der Waals surface area contributed by atoms with Gasteiger partial charge in [0.05, 0.1) is 16.0 Å².